The number of urea groups is 1. The van der Waals surface area contributed by atoms with Gasteiger partial charge in [0.25, 0.3) is 0 Å². The van der Waals surface area contributed by atoms with Gasteiger partial charge in [0.05, 0.1) is 19.3 Å². The molecule has 0 aromatic heterocycles. The Morgan fingerprint density at radius 3 is 2.92 bits per heavy atom. The highest BCUT2D eigenvalue weighted by molar-refractivity contribution is 5.74. The van der Waals surface area contributed by atoms with Crippen LogP contribution in [0.3, 0.4) is 0 Å². The zero-order chi connectivity index (χ0) is 17.0. The Morgan fingerprint density at radius 1 is 1.29 bits per heavy atom. The van der Waals surface area contributed by atoms with E-state index in [2.05, 4.69) is 54.8 Å². The van der Waals surface area contributed by atoms with Gasteiger partial charge in [0, 0.05) is 12.0 Å². The SMILES string of the molecule is CC(C)(CNC(=O)N[C@@H]1CCCc2ccccc21)C1=CCOCC1. The third-order valence-corrected chi connectivity index (χ3v) is 5.20. The van der Waals surface area contributed by atoms with Crippen molar-refractivity contribution in [2.45, 2.75) is 45.6 Å². The molecule has 0 saturated heterocycles. The summed E-state index contributed by atoms with van der Waals surface area (Å²) in [5, 5.41) is 6.22. The van der Waals surface area contributed by atoms with Gasteiger partial charge in [-0.15, -0.1) is 0 Å². The van der Waals surface area contributed by atoms with E-state index in [9.17, 15) is 4.79 Å². The lowest BCUT2D eigenvalue weighted by Gasteiger charge is -2.31. The highest BCUT2D eigenvalue weighted by atomic mass is 16.5. The summed E-state index contributed by atoms with van der Waals surface area (Å²) in [6.07, 6.45) is 6.35. The normalized spacial score (nSPS) is 20.8. The summed E-state index contributed by atoms with van der Waals surface area (Å²) >= 11 is 0. The summed E-state index contributed by atoms with van der Waals surface area (Å²) in [6, 6.07) is 8.48. The van der Waals surface area contributed by atoms with Crippen molar-refractivity contribution in [3.63, 3.8) is 0 Å². The Hall–Kier alpha value is -1.81. The number of ether oxygens (including phenoxy) is 1. The number of aryl methyl sites for hydroxylation is 1. The van der Waals surface area contributed by atoms with E-state index >= 15 is 0 Å². The van der Waals surface area contributed by atoms with Crippen molar-refractivity contribution in [2.24, 2.45) is 5.41 Å². The van der Waals surface area contributed by atoms with Crippen molar-refractivity contribution >= 4 is 6.03 Å². The topological polar surface area (TPSA) is 50.4 Å². The summed E-state index contributed by atoms with van der Waals surface area (Å²) in [5.41, 5.74) is 3.97. The minimum Gasteiger partial charge on any atom is -0.377 e. The van der Waals surface area contributed by atoms with Crippen LogP contribution in [0.15, 0.2) is 35.9 Å². The second-order valence-electron chi connectivity index (χ2n) is 7.41. The van der Waals surface area contributed by atoms with E-state index in [0.717, 1.165) is 32.3 Å². The maximum atomic E-state index is 12.4. The van der Waals surface area contributed by atoms with Gasteiger partial charge >= 0.3 is 6.03 Å². The molecule has 24 heavy (non-hydrogen) atoms. The number of rotatable bonds is 4. The number of carbonyl (C=O) groups is 1. The lowest BCUT2D eigenvalue weighted by molar-refractivity contribution is 0.145. The second kappa shape index (κ2) is 7.39. The molecule has 2 amide bonds. The fraction of sp³-hybridized carbons (Fsp3) is 0.550. The van der Waals surface area contributed by atoms with Gasteiger partial charge < -0.3 is 15.4 Å². The molecule has 2 aliphatic rings. The first kappa shape index (κ1) is 17.0. The number of amides is 2. The molecule has 0 bridgehead atoms. The standard InChI is InChI=1S/C20H28N2O2/c1-20(2,16-10-12-24-13-11-16)14-21-19(23)22-18-9-5-7-15-6-3-4-8-17(15)18/h3-4,6,8,10,18H,5,7,9,11-14H2,1-2H3,(H2,21,22,23)/t18-/m1/s1. The largest absolute Gasteiger partial charge is 0.377 e. The van der Waals surface area contributed by atoms with Gasteiger partial charge in [0.2, 0.25) is 0 Å². The number of carbonyl (C=O) groups excluding carboxylic acids is 1. The molecule has 1 aromatic carbocycles. The molecule has 1 aliphatic heterocycles. The molecule has 1 aromatic rings. The zero-order valence-corrected chi connectivity index (χ0v) is 14.7. The predicted molar refractivity (Wildman–Crippen MR) is 96.0 cm³/mol. The Labute approximate surface area is 144 Å². The molecule has 2 N–H and O–H groups in total. The van der Waals surface area contributed by atoms with Crippen molar-refractivity contribution in [3.05, 3.63) is 47.0 Å². The molecule has 0 radical (unpaired) electrons. The monoisotopic (exact) mass is 328 g/mol. The summed E-state index contributed by atoms with van der Waals surface area (Å²) in [4.78, 5) is 12.4. The highest BCUT2D eigenvalue weighted by Gasteiger charge is 2.26. The fourth-order valence-electron chi connectivity index (χ4n) is 3.67. The Balaban J connectivity index is 1.56. The van der Waals surface area contributed by atoms with Crippen molar-refractivity contribution in [3.8, 4) is 0 Å². The molecule has 1 heterocycles. The van der Waals surface area contributed by atoms with Crippen LogP contribution in [0.1, 0.15) is 50.3 Å². The number of hydrogen-bond acceptors (Lipinski definition) is 2. The molecule has 4 nitrogen and oxygen atoms in total. The lowest BCUT2D eigenvalue weighted by atomic mass is 9.81. The first-order chi connectivity index (χ1) is 11.6. The molecule has 130 valence electrons. The van der Waals surface area contributed by atoms with Crippen LogP contribution in [0.5, 0.6) is 0 Å². The summed E-state index contributed by atoms with van der Waals surface area (Å²) < 4.78 is 5.38. The van der Waals surface area contributed by atoms with Crippen LogP contribution in [-0.4, -0.2) is 25.8 Å². The van der Waals surface area contributed by atoms with E-state index in [1.165, 1.54) is 16.7 Å². The molecule has 1 atom stereocenters. The first-order valence-corrected chi connectivity index (χ1v) is 8.96. The fourth-order valence-corrected chi connectivity index (χ4v) is 3.67. The van der Waals surface area contributed by atoms with Crippen molar-refractivity contribution in [1.29, 1.82) is 0 Å². The van der Waals surface area contributed by atoms with Gasteiger partial charge in [-0.1, -0.05) is 49.8 Å². The maximum Gasteiger partial charge on any atom is 0.315 e. The number of nitrogens with one attached hydrogen (secondary N) is 2. The van der Waals surface area contributed by atoms with Crippen LogP contribution in [0.25, 0.3) is 0 Å². The van der Waals surface area contributed by atoms with Crippen LogP contribution in [0.4, 0.5) is 4.79 Å². The van der Waals surface area contributed by atoms with E-state index in [1.54, 1.807) is 0 Å². The molecule has 0 spiro atoms. The van der Waals surface area contributed by atoms with Crippen LogP contribution in [-0.2, 0) is 11.2 Å². The summed E-state index contributed by atoms with van der Waals surface area (Å²) in [7, 11) is 0. The van der Waals surface area contributed by atoms with E-state index in [-0.39, 0.29) is 17.5 Å². The van der Waals surface area contributed by atoms with Gasteiger partial charge in [-0.3, -0.25) is 0 Å². The second-order valence-corrected chi connectivity index (χ2v) is 7.41. The van der Waals surface area contributed by atoms with Gasteiger partial charge in [-0.05, 0) is 36.8 Å². The van der Waals surface area contributed by atoms with E-state index in [4.69, 9.17) is 4.74 Å². The van der Waals surface area contributed by atoms with Crippen LogP contribution < -0.4 is 10.6 Å². The molecule has 4 heteroatoms. The molecule has 3 rings (SSSR count). The van der Waals surface area contributed by atoms with Crippen LogP contribution >= 0.6 is 0 Å². The van der Waals surface area contributed by atoms with Gasteiger partial charge in [-0.2, -0.15) is 0 Å². The zero-order valence-electron chi connectivity index (χ0n) is 14.7. The van der Waals surface area contributed by atoms with Crippen molar-refractivity contribution in [1.82, 2.24) is 10.6 Å². The average Bonchev–Trinajstić information content (AvgIpc) is 2.61. The van der Waals surface area contributed by atoms with E-state index < -0.39 is 0 Å². The lowest BCUT2D eigenvalue weighted by Crippen LogP contribution is -2.43. The minimum atomic E-state index is -0.0718. The number of benzene rings is 1. The quantitative estimate of drug-likeness (QED) is 0.827. The molecule has 0 saturated carbocycles. The van der Waals surface area contributed by atoms with Crippen LogP contribution in [0, 0.1) is 5.41 Å². The van der Waals surface area contributed by atoms with Gasteiger partial charge in [0.15, 0.2) is 0 Å². The third-order valence-electron chi connectivity index (χ3n) is 5.20. The molecule has 0 unspecified atom stereocenters. The number of fused-ring (bicyclic) bond motifs is 1. The predicted octanol–water partition coefficient (Wildman–Crippen LogP) is 3.74. The minimum absolute atomic E-state index is 0.0361. The van der Waals surface area contributed by atoms with Crippen molar-refractivity contribution < 1.29 is 9.53 Å². The maximum absolute atomic E-state index is 12.4. The van der Waals surface area contributed by atoms with E-state index in [0.29, 0.717) is 13.2 Å². The highest BCUT2D eigenvalue weighted by Crippen LogP contribution is 2.31. The molecule has 1 aliphatic carbocycles. The van der Waals surface area contributed by atoms with Crippen LogP contribution in [0.2, 0.25) is 0 Å². The smallest absolute Gasteiger partial charge is 0.315 e. The van der Waals surface area contributed by atoms with Crippen molar-refractivity contribution in [2.75, 3.05) is 19.8 Å². The molecular formula is C20H28N2O2. The van der Waals surface area contributed by atoms with E-state index in [1.807, 2.05) is 0 Å². The van der Waals surface area contributed by atoms with Gasteiger partial charge in [0.1, 0.15) is 0 Å². The summed E-state index contributed by atoms with van der Waals surface area (Å²) in [6.45, 7) is 6.46. The molecule has 0 fully saturated rings. The average molecular weight is 328 g/mol. The van der Waals surface area contributed by atoms with Gasteiger partial charge in [-0.25, -0.2) is 4.79 Å². The molecular weight excluding hydrogens is 300 g/mol. The first-order valence-electron chi connectivity index (χ1n) is 8.96. The third kappa shape index (κ3) is 3.99. The Morgan fingerprint density at radius 2 is 2.12 bits per heavy atom. The summed E-state index contributed by atoms with van der Waals surface area (Å²) in [5.74, 6) is 0. The Kier molecular flexibility index (Phi) is 5.24. The number of hydrogen-bond donors (Lipinski definition) is 2. The Bertz CT molecular complexity index is 622.